The van der Waals surface area contributed by atoms with Crippen LogP contribution in [0.15, 0.2) is 18.5 Å². The summed E-state index contributed by atoms with van der Waals surface area (Å²) < 4.78 is 5.18. The lowest BCUT2D eigenvalue weighted by Crippen LogP contribution is -1.98. The maximum atomic E-state index is 10.7. The van der Waals surface area contributed by atoms with Gasteiger partial charge in [-0.15, -0.1) is 0 Å². The zero-order valence-corrected chi connectivity index (χ0v) is 5.44. The van der Waals surface area contributed by atoms with Crippen molar-refractivity contribution in [1.82, 2.24) is 4.73 Å². The summed E-state index contributed by atoms with van der Waals surface area (Å²) in [6.45, 7) is 0. The van der Waals surface area contributed by atoms with Crippen LogP contribution in [-0.2, 0) is 4.74 Å². The van der Waals surface area contributed by atoms with E-state index in [1.807, 2.05) is 0 Å². The van der Waals surface area contributed by atoms with Gasteiger partial charge in [0.1, 0.15) is 0 Å². The highest BCUT2D eigenvalue weighted by molar-refractivity contribution is 5.88. The SMILES string of the molecule is COC(=O)c1ccn(O)c1. The lowest BCUT2D eigenvalue weighted by atomic mass is 10.3. The largest absolute Gasteiger partial charge is 0.465 e. The van der Waals surface area contributed by atoms with Crippen LogP contribution in [0.2, 0.25) is 0 Å². The molecule has 0 radical (unpaired) electrons. The van der Waals surface area contributed by atoms with Gasteiger partial charge in [0.25, 0.3) is 0 Å². The first kappa shape index (κ1) is 6.67. The summed E-state index contributed by atoms with van der Waals surface area (Å²) in [6, 6.07) is 1.46. The average molecular weight is 141 g/mol. The summed E-state index contributed by atoms with van der Waals surface area (Å²) in [6.07, 6.45) is 2.62. The Kier molecular flexibility index (Phi) is 1.62. The molecule has 0 aliphatic heterocycles. The number of nitrogens with zero attached hydrogens (tertiary/aromatic N) is 1. The van der Waals surface area contributed by atoms with Crippen LogP contribution in [0.5, 0.6) is 0 Å². The molecule has 4 nitrogen and oxygen atoms in total. The van der Waals surface area contributed by atoms with Crippen molar-refractivity contribution < 1.29 is 14.7 Å². The van der Waals surface area contributed by atoms with Crippen LogP contribution in [0.4, 0.5) is 0 Å². The second-order valence-electron chi connectivity index (χ2n) is 1.77. The Balaban J connectivity index is 2.85. The number of hydrogen-bond donors (Lipinski definition) is 1. The molecule has 10 heavy (non-hydrogen) atoms. The minimum atomic E-state index is -0.451. The van der Waals surface area contributed by atoms with Gasteiger partial charge >= 0.3 is 5.97 Å². The summed E-state index contributed by atoms with van der Waals surface area (Å²) in [5.41, 5.74) is 0.338. The van der Waals surface area contributed by atoms with E-state index in [0.717, 1.165) is 4.73 Å². The quantitative estimate of drug-likeness (QED) is 0.458. The van der Waals surface area contributed by atoms with Crippen LogP contribution in [0, 0.1) is 0 Å². The molecule has 1 aromatic heterocycles. The van der Waals surface area contributed by atoms with Crippen LogP contribution in [0.25, 0.3) is 0 Å². The molecule has 0 aromatic carbocycles. The number of rotatable bonds is 1. The summed E-state index contributed by atoms with van der Waals surface area (Å²) in [7, 11) is 1.29. The molecule has 4 heteroatoms. The van der Waals surface area contributed by atoms with Crippen molar-refractivity contribution >= 4 is 5.97 Å². The Morgan fingerprint density at radius 2 is 2.50 bits per heavy atom. The highest BCUT2D eigenvalue weighted by atomic mass is 16.5. The fourth-order valence-electron chi connectivity index (χ4n) is 0.624. The van der Waals surface area contributed by atoms with Gasteiger partial charge in [0.05, 0.1) is 18.9 Å². The van der Waals surface area contributed by atoms with Crippen molar-refractivity contribution in [2.75, 3.05) is 7.11 Å². The number of ether oxygens (including phenoxy) is 1. The Labute approximate surface area is 57.6 Å². The first-order chi connectivity index (χ1) is 4.74. The number of methoxy groups -OCH3 is 1. The number of carbonyl (C=O) groups excluding carboxylic acids is 1. The minimum Gasteiger partial charge on any atom is -0.465 e. The normalized spacial score (nSPS) is 9.30. The van der Waals surface area contributed by atoms with E-state index in [9.17, 15) is 4.79 Å². The second-order valence-corrected chi connectivity index (χ2v) is 1.77. The molecule has 0 amide bonds. The molecular formula is C6H7NO3. The summed E-state index contributed by atoms with van der Waals surface area (Å²) in [5, 5.41) is 8.71. The summed E-state index contributed by atoms with van der Waals surface area (Å²) >= 11 is 0. The van der Waals surface area contributed by atoms with Gasteiger partial charge in [0, 0.05) is 6.20 Å². The Morgan fingerprint density at radius 3 is 2.90 bits per heavy atom. The molecule has 1 rings (SSSR count). The number of esters is 1. The molecule has 0 spiro atoms. The van der Waals surface area contributed by atoms with Gasteiger partial charge < -0.3 is 9.94 Å². The molecule has 0 fully saturated rings. The van der Waals surface area contributed by atoms with E-state index in [2.05, 4.69) is 4.74 Å². The van der Waals surface area contributed by atoms with Crippen LogP contribution in [0.3, 0.4) is 0 Å². The van der Waals surface area contributed by atoms with Crippen LogP contribution in [-0.4, -0.2) is 23.0 Å². The molecule has 54 valence electrons. The van der Waals surface area contributed by atoms with Gasteiger partial charge in [-0.2, -0.15) is 0 Å². The first-order valence-corrected chi connectivity index (χ1v) is 2.69. The van der Waals surface area contributed by atoms with Crippen molar-refractivity contribution in [3.8, 4) is 0 Å². The summed E-state index contributed by atoms with van der Waals surface area (Å²) in [5.74, 6) is -0.451. The standard InChI is InChI=1S/C6H7NO3/c1-10-6(8)5-2-3-7(9)4-5/h2-4,9H,1H3. The van der Waals surface area contributed by atoms with Crippen LogP contribution < -0.4 is 0 Å². The predicted molar refractivity (Wildman–Crippen MR) is 33.0 cm³/mol. The van der Waals surface area contributed by atoms with Crippen LogP contribution in [0.1, 0.15) is 10.4 Å². The lowest BCUT2D eigenvalue weighted by molar-refractivity contribution is 0.0598. The lowest BCUT2D eigenvalue weighted by Gasteiger charge is -1.91. The van der Waals surface area contributed by atoms with E-state index in [1.165, 1.54) is 25.6 Å². The van der Waals surface area contributed by atoms with Crippen molar-refractivity contribution in [3.05, 3.63) is 24.0 Å². The number of hydrogen-bond acceptors (Lipinski definition) is 3. The third-order valence-electron chi connectivity index (χ3n) is 1.10. The molecule has 0 unspecified atom stereocenters. The average Bonchev–Trinajstić information content (AvgIpc) is 2.34. The van der Waals surface area contributed by atoms with Crippen LogP contribution >= 0.6 is 0 Å². The predicted octanol–water partition coefficient (Wildman–Crippen LogP) is 0.512. The van der Waals surface area contributed by atoms with E-state index in [4.69, 9.17) is 5.21 Å². The Bertz CT molecular complexity index is 241. The smallest absolute Gasteiger partial charge is 0.339 e. The highest BCUT2D eigenvalue weighted by Gasteiger charge is 2.05. The molecule has 1 aromatic rings. The molecule has 0 aliphatic carbocycles. The minimum absolute atomic E-state index is 0.338. The highest BCUT2D eigenvalue weighted by Crippen LogP contribution is 1.99. The summed E-state index contributed by atoms with van der Waals surface area (Å²) in [4.78, 5) is 10.7. The maximum Gasteiger partial charge on any atom is 0.339 e. The zero-order valence-electron chi connectivity index (χ0n) is 5.44. The fraction of sp³-hybridized carbons (Fsp3) is 0.167. The number of carbonyl (C=O) groups is 1. The maximum absolute atomic E-state index is 10.7. The molecule has 0 saturated heterocycles. The molecule has 0 bridgehead atoms. The van der Waals surface area contributed by atoms with E-state index < -0.39 is 5.97 Å². The molecular weight excluding hydrogens is 134 g/mol. The molecule has 0 saturated carbocycles. The molecule has 1 heterocycles. The van der Waals surface area contributed by atoms with E-state index in [1.54, 1.807) is 0 Å². The van der Waals surface area contributed by atoms with Gasteiger partial charge in [-0.05, 0) is 6.07 Å². The first-order valence-electron chi connectivity index (χ1n) is 2.69. The zero-order chi connectivity index (χ0) is 7.56. The third-order valence-corrected chi connectivity index (χ3v) is 1.10. The van der Waals surface area contributed by atoms with E-state index in [0.29, 0.717) is 5.56 Å². The number of aromatic nitrogens is 1. The van der Waals surface area contributed by atoms with Crippen molar-refractivity contribution in [3.63, 3.8) is 0 Å². The van der Waals surface area contributed by atoms with Crippen molar-refractivity contribution in [2.24, 2.45) is 0 Å². The molecule has 1 N–H and O–H groups in total. The monoisotopic (exact) mass is 141 g/mol. The second kappa shape index (κ2) is 2.43. The Hall–Kier alpha value is -1.45. The van der Waals surface area contributed by atoms with E-state index in [-0.39, 0.29) is 0 Å². The van der Waals surface area contributed by atoms with Gasteiger partial charge in [-0.25, -0.2) is 9.52 Å². The van der Waals surface area contributed by atoms with Gasteiger partial charge in [-0.1, -0.05) is 0 Å². The van der Waals surface area contributed by atoms with Gasteiger partial charge in [0.15, 0.2) is 0 Å². The third kappa shape index (κ3) is 1.10. The van der Waals surface area contributed by atoms with Gasteiger partial charge in [0.2, 0.25) is 0 Å². The van der Waals surface area contributed by atoms with E-state index >= 15 is 0 Å². The Morgan fingerprint density at radius 1 is 1.80 bits per heavy atom. The van der Waals surface area contributed by atoms with Gasteiger partial charge in [-0.3, -0.25) is 0 Å². The fourth-order valence-corrected chi connectivity index (χ4v) is 0.624. The van der Waals surface area contributed by atoms with Crippen molar-refractivity contribution in [1.29, 1.82) is 0 Å². The molecule has 0 aliphatic rings. The molecule has 0 atom stereocenters. The topological polar surface area (TPSA) is 51.5 Å². The van der Waals surface area contributed by atoms with Crippen molar-refractivity contribution in [2.45, 2.75) is 0 Å².